The normalized spacial score (nSPS) is 12.1. The van der Waals surface area contributed by atoms with Gasteiger partial charge in [-0.05, 0) is 71.4 Å². The van der Waals surface area contributed by atoms with E-state index in [9.17, 15) is 0 Å². The van der Waals surface area contributed by atoms with Gasteiger partial charge in [-0.15, -0.1) is 34.0 Å². The maximum absolute atomic E-state index is 5.14. The molecular weight excluding hydrogens is 593 g/mol. The van der Waals surface area contributed by atoms with E-state index >= 15 is 0 Å². The smallest absolute Gasteiger partial charge is 0.155 e. The molecule has 0 unspecified atom stereocenters. The zero-order valence-corrected chi connectivity index (χ0v) is 25.8. The number of hydrogen-bond acceptors (Lipinski definition) is 5. The number of fused-ring (bicyclic) bond motifs is 11. The molecule has 206 valence electrons. The van der Waals surface area contributed by atoms with Crippen molar-refractivity contribution in [2.24, 2.45) is 0 Å². The molecule has 5 heteroatoms. The summed E-state index contributed by atoms with van der Waals surface area (Å²) in [7, 11) is 0. The van der Waals surface area contributed by atoms with Crippen molar-refractivity contribution in [1.29, 1.82) is 0 Å². The lowest BCUT2D eigenvalue weighted by molar-refractivity contribution is 1.21. The molecule has 0 amide bonds. The van der Waals surface area contributed by atoms with E-state index in [-0.39, 0.29) is 0 Å². The second-order valence-corrected chi connectivity index (χ2v) is 14.4. The quantitative estimate of drug-likeness (QED) is 0.197. The zero-order valence-electron chi connectivity index (χ0n) is 23.3. The molecular formula is C39H22N2S3. The van der Waals surface area contributed by atoms with Crippen LogP contribution in [-0.2, 0) is 0 Å². The van der Waals surface area contributed by atoms with Crippen LogP contribution in [0.4, 0.5) is 17.2 Å². The van der Waals surface area contributed by atoms with Crippen molar-refractivity contribution in [3.8, 4) is 0 Å². The van der Waals surface area contributed by atoms with Gasteiger partial charge in [0.1, 0.15) is 0 Å². The highest BCUT2D eigenvalue weighted by molar-refractivity contribution is 7.27. The highest BCUT2D eigenvalue weighted by Crippen LogP contribution is 2.47. The Morgan fingerprint density at radius 1 is 0.432 bits per heavy atom. The van der Waals surface area contributed by atoms with Crippen molar-refractivity contribution >= 4 is 122 Å². The fraction of sp³-hybridized carbons (Fsp3) is 0. The average molecular weight is 615 g/mol. The van der Waals surface area contributed by atoms with Crippen molar-refractivity contribution in [3.05, 3.63) is 134 Å². The van der Waals surface area contributed by atoms with E-state index in [0.717, 1.165) is 17.2 Å². The Bertz CT molecular complexity index is 2630. The number of rotatable bonds is 3. The minimum atomic E-state index is 0.963. The maximum atomic E-state index is 5.14. The third kappa shape index (κ3) is 3.55. The molecule has 2 nitrogen and oxygen atoms in total. The average Bonchev–Trinajstić information content (AvgIpc) is 3.76. The minimum Gasteiger partial charge on any atom is -0.294 e. The van der Waals surface area contributed by atoms with Gasteiger partial charge in [0.2, 0.25) is 0 Å². The van der Waals surface area contributed by atoms with Crippen LogP contribution in [0.3, 0.4) is 0 Å². The van der Waals surface area contributed by atoms with Crippen LogP contribution in [0.1, 0.15) is 0 Å². The first kappa shape index (κ1) is 24.6. The standard InChI is InChI=1S/C39H22N2S3/c1-2-8-26-23(7-1)13-16-36-37(26)29-19-20-40-39(38(29)44-36)41(24-14-17-34-30(21-24)27-9-3-5-11-32(27)42-34)25-15-18-35-31(22-25)28-10-4-6-12-33(28)43-35/h1-22H. The van der Waals surface area contributed by atoms with Crippen molar-refractivity contribution in [2.75, 3.05) is 4.90 Å². The van der Waals surface area contributed by atoms with Crippen LogP contribution in [0.15, 0.2) is 134 Å². The van der Waals surface area contributed by atoms with Crippen molar-refractivity contribution in [1.82, 2.24) is 4.98 Å². The first-order valence-corrected chi connectivity index (χ1v) is 17.1. The summed E-state index contributed by atoms with van der Waals surface area (Å²) in [6, 6.07) is 46.6. The fourth-order valence-corrected chi connectivity index (χ4v) is 10.1. The third-order valence-electron chi connectivity index (χ3n) is 8.71. The predicted octanol–water partition coefficient (Wildman–Crippen LogP) is 12.8. The summed E-state index contributed by atoms with van der Waals surface area (Å²) in [4.78, 5) is 7.51. The number of pyridine rings is 1. The van der Waals surface area contributed by atoms with Crippen LogP contribution in [0, 0.1) is 0 Å². The molecule has 10 rings (SSSR count). The number of hydrogen-bond donors (Lipinski definition) is 0. The number of nitrogens with zero attached hydrogens (tertiary/aromatic N) is 2. The van der Waals surface area contributed by atoms with Crippen LogP contribution < -0.4 is 4.90 Å². The van der Waals surface area contributed by atoms with Gasteiger partial charge in [-0.2, -0.15) is 0 Å². The van der Waals surface area contributed by atoms with Crippen LogP contribution in [-0.4, -0.2) is 4.98 Å². The van der Waals surface area contributed by atoms with E-state index in [1.54, 1.807) is 0 Å². The van der Waals surface area contributed by atoms with Crippen molar-refractivity contribution in [2.45, 2.75) is 0 Å². The lowest BCUT2D eigenvalue weighted by Gasteiger charge is -2.25. The summed E-state index contributed by atoms with van der Waals surface area (Å²) in [6.45, 7) is 0. The Morgan fingerprint density at radius 2 is 1.00 bits per heavy atom. The Balaban J connectivity index is 1.29. The summed E-state index contributed by atoms with van der Waals surface area (Å²) in [5.41, 5.74) is 2.23. The fourth-order valence-electron chi connectivity index (χ4n) is 6.72. The van der Waals surface area contributed by atoms with Crippen molar-refractivity contribution < 1.29 is 0 Å². The van der Waals surface area contributed by atoms with E-state index in [0.29, 0.717) is 0 Å². The number of anilines is 3. The molecule has 0 atom stereocenters. The molecule has 0 N–H and O–H groups in total. The molecule has 0 fully saturated rings. The summed E-state index contributed by atoms with van der Waals surface area (Å²) in [6.07, 6.45) is 1.98. The Labute approximate surface area is 264 Å². The largest absolute Gasteiger partial charge is 0.294 e. The van der Waals surface area contributed by atoms with Crippen LogP contribution >= 0.6 is 34.0 Å². The first-order chi connectivity index (χ1) is 21.8. The van der Waals surface area contributed by atoms with Crippen LogP contribution in [0.5, 0.6) is 0 Å². The second-order valence-electron chi connectivity index (χ2n) is 11.2. The van der Waals surface area contributed by atoms with Gasteiger partial charge < -0.3 is 0 Å². The molecule has 0 radical (unpaired) electrons. The van der Waals surface area contributed by atoms with Gasteiger partial charge in [-0.3, -0.25) is 4.90 Å². The van der Waals surface area contributed by atoms with Gasteiger partial charge in [0.25, 0.3) is 0 Å². The van der Waals surface area contributed by atoms with Gasteiger partial charge >= 0.3 is 0 Å². The summed E-state index contributed by atoms with van der Waals surface area (Å²) in [5.74, 6) is 0.963. The molecule has 4 aromatic heterocycles. The molecule has 0 aliphatic rings. The SMILES string of the molecule is c1ccc2c(c1)ccc1sc3c(N(c4ccc5sc6ccccc6c5c4)c4ccc5sc6ccccc6c5c4)nccc3c12. The van der Waals surface area contributed by atoms with E-state index in [1.807, 2.05) is 40.2 Å². The molecule has 0 bridgehead atoms. The van der Waals surface area contributed by atoms with Gasteiger partial charge in [0.15, 0.2) is 5.82 Å². The highest BCUT2D eigenvalue weighted by atomic mass is 32.1. The molecule has 44 heavy (non-hydrogen) atoms. The van der Waals surface area contributed by atoms with Gasteiger partial charge in [-0.25, -0.2) is 4.98 Å². The zero-order chi connectivity index (χ0) is 28.8. The molecule has 0 aliphatic carbocycles. The second kappa shape index (κ2) is 9.34. The van der Waals surface area contributed by atoms with E-state index in [2.05, 4.69) is 132 Å². The molecule has 4 heterocycles. The molecule has 10 aromatic rings. The van der Waals surface area contributed by atoms with Gasteiger partial charge in [-0.1, -0.05) is 66.7 Å². The molecule has 0 spiro atoms. The lowest BCUT2D eigenvalue weighted by Crippen LogP contribution is -2.11. The van der Waals surface area contributed by atoms with Gasteiger partial charge in [0.05, 0.1) is 4.70 Å². The molecule has 0 saturated heterocycles. The number of benzene rings is 6. The van der Waals surface area contributed by atoms with E-state index < -0.39 is 0 Å². The van der Waals surface area contributed by atoms with E-state index in [4.69, 9.17) is 4.98 Å². The summed E-state index contributed by atoms with van der Waals surface area (Å²) >= 11 is 5.54. The maximum Gasteiger partial charge on any atom is 0.155 e. The van der Waals surface area contributed by atoms with Crippen LogP contribution in [0.25, 0.3) is 71.3 Å². The van der Waals surface area contributed by atoms with Gasteiger partial charge in [0, 0.05) is 73.4 Å². The first-order valence-electron chi connectivity index (χ1n) is 14.6. The number of aromatic nitrogens is 1. The minimum absolute atomic E-state index is 0.963. The highest BCUT2D eigenvalue weighted by Gasteiger charge is 2.22. The third-order valence-corrected chi connectivity index (χ3v) is 12.2. The molecule has 6 aromatic carbocycles. The Kier molecular flexibility index (Phi) is 5.23. The van der Waals surface area contributed by atoms with Crippen molar-refractivity contribution in [3.63, 3.8) is 0 Å². The Morgan fingerprint density at radius 3 is 1.68 bits per heavy atom. The summed E-state index contributed by atoms with van der Waals surface area (Å²) < 4.78 is 7.71. The number of thiophene rings is 3. The lowest BCUT2D eigenvalue weighted by atomic mass is 10.0. The topological polar surface area (TPSA) is 16.1 Å². The van der Waals surface area contributed by atoms with E-state index in [1.165, 1.54) is 71.3 Å². The summed E-state index contributed by atoms with van der Waals surface area (Å²) in [5, 5.41) is 10.3. The van der Waals surface area contributed by atoms with Crippen LogP contribution in [0.2, 0.25) is 0 Å². The monoisotopic (exact) mass is 614 g/mol. The predicted molar refractivity (Wildman–Crippen MR) is 195 cm³/mol. The molecule has 0 saturated carbocycles. The Hall–Kier alpha value is -4.81. The molecule has 0 aliphatic heterocycles.